The van der Waals surface area contributed by atoms with E-state index in [0.717, 1.165) is 6.04 Å². The third-order valence-electron chi connectivity index (χ3n) is 1.40. The Kier molecular flexibility index (Phi) is 3.15. The van der Waals surface area contributed by atoms with Gasteiger partial charge in [0.2, 0.25) is 0 Å². The molecule has 0 saturated heterocycles. The standard InChI is InChI=1S/C7H12N2Si/c8-9-10-6-7-4-2-1-3-5-7/h1-5,9H,6,8,10H2. The lowest BCUT2D eigenvalue weighted by molar-refractivity contribution is 1.06. The molecule has 0 aliphatic rings. The number of hydrazine groups is 1. The van der Waals surface area contributed by atoms with Gasteiger partial charge < -0.3 is 0 Å². The van der Waals surface area contributed by atoms with Crippen LogP contribution in [0.2, 0.25) is 0 Å². The van der Waals surface area contributed by atoms with Crippen molar-refractivity contribution in [2.45, 2.75) is 6.04 Å². The average molecular weight is 152 g/mol. The van der Waals surface area contributed by atoms with E-state index in [1.165, 1.54) is 5.56 Å². The lowest BCUT2D eigenvalue weighted by Gasteiger charge is -1.96. The van der Waals surface area contributed by atoms with E-state index in [9.17, 15) is 0 Å². The summed E-state index contributed by atoms with van der Waals surface area (Å²) in [4.78, 5) is 0. The lowest BCUT2D eigenvalue weighted by atomic mass is 10.2. The molecule has 1 rings (SSSR count). The van der Waals surface area contributed by atoms with Gasteiger partial charge in [-0.2, -0.15) is 0 Å². The molecule has 0 radical (unpaired) electrons. The number of benzene rings is 1. The number of rotatable bonds is 3. The quantitative estimate of drug-likeness (QED) is 0.355. The molecule has 0 atom stereocenters. The zero-order valence-corrected chi connectivity index (χ0v) is 7.29. The molecular weight excluding hydrogens is 140 g/mol. The maximum absolute atomic E-state index is 5.19. The molecule has 3 N–H and O–H groups in total. The van der Waals surface area contributed by atoms with Gasteiger partial charge in [0, 0.05) is 0 Å². The topological polar surface area (TPSA) is 38.0 Å². The van der Waals surface area contributed by atoms with Crippen LogP contribution in [-0.2, 0) is 6.04 Å². The van der Waals surface area contributed by atoms with Crippen molar-refractivity contribution in [3.8, 4) is 0 Å². The van der Waals surface area contributed by atoms with E-state index in [-0.39, 0.29) is 9.68 Å². The van der Waals surface area contributed by atoms with Crippen LogP contribution in [0.4, 0.5) is 0 Å². The predicted molar refractivity (Wildman–Crippen MR) is 46.0 cm³/mol. The van der Waals surface area contributed by atoms with Crippen molar-refractivity contribution in [3.05, 3.63) is 35.9 Å². The molecule has 1 aromatic rings. The first-order valence-electron chi connectivity index (χ1n) is 3.41. The second-order valence-electron chi connectivity index (χ2n) is 2.19. The molecule has 1 aromatic carbocycles. The van der Waals surface area contributed by atoms with Gasteiger partial charge in [-0.25, -0.2) is 0 Å². The third kappa shape index (κ3) is 2.30. The SMILES string of the molecule is NN[SiH2]Cc1ccccc1. The monoisotopic (exact) mass is 152 g/mol. The van der Waals surface area contributed by atoms with Crippen molar-refractivity contribution < 1.29 is 0 Å². The van der Waals surface area contributed by atoms with Gasteiger partial charge in [-0.05, 0) is 11.6 Å². The van der Waals surface area contributed by atoms with Gasteiger partial charge in [-0.3, -0.25) is 10.9 Å². The van der Waals surface area contributed by atoms with E-state index in [1.54, 1.807) is 0 Å². The van der Waals surface area contributed by atoms with E-state index < -0.39 is 0 Å². The zero-order chi connectivity index (χ0) is 7.23. The maximum Gasteiger partial charge on any atom is 0.114 e. The van der Waals surface area contributed by atoms with Crippen LogP contribution in [0.3, 0.4) is 0 Å². The van der Waals surface area contributed by atoms with Gasteiger partial charge in [-0.15, -0.1) is 0 Å². The summed E-state index contributed by atoms with van der Waals surface area (Å²) in [7, 11) is -0.249. The fourth-order valence-electron chi connectivity index (χ4n) is 0.861. The molecule has 0 spiro atoms. The molecule has 0 fully saturated rings. The highest BCUT2D eigenvalue weighted by atomic mass is 28.2. The van der Waals surface area contributed by atoms with Gasteiger partial charge >= 0.3 is 0 Å². The van der Waals surface area contributed by atoms with Crippen LogP contribution in [0, 0.1) is 0 Å². The molecule has 3 heteroatoms. The fourth-order valence-corrected chi connectivity index (χ4v) is 1.63. The van der Waals surface area contributed by atoms with Crippen LogP contribution in [0.15, 0.2) is 30.3 Å². The van der Waals surface area contributed by atoms with Crippen molar-refractivity contribution in [3.63, 3.8) is 0 Å². The van der Waals surface area contributed by atoms with E-state index in [1.807, 2.05) is 6.07 Å². The summed E-state index contributed by atoms with van der Waals surface area (Å²) in [5, 5.41) is 2.76. The largest absolute Gasteiger partial charge is 0.288 e. The summed E-state index contributed by atoms with van der Waals surface area (Å²) in [6, 6.07) is 11.5. The molecule has 0 aliphatic carbocycles. The minimum atomic E-state index is -0.249. The summed E-state index contributed by atoms with van der Waals surface area (Å²) < 4.78 is 0. The Balaban J connectivity index is 2.43. The Morgan fingerprint density at radius 2 is 2.00 bits per heavy atom. The highest BCUT2D eigenvalue weighted by molar-refractivity contribution is 6.31. The van der Waals surface area contributed by atoms with Crippen LogP contribution < -0.4 is 10.9 Å². The molecule has 0 heterocycles. The van der Waals surface area contributed by atoms with Gasteiger partial charge in [0.05, 0.1) is 0 Å². The van der Waals surface area contributed by atoms with Crippen molar-refractivity contribution in [2.24, 2.45) is 5.84 Å². The van der Waals surface area contributed by atoms with Crippen LogP contribution in [0.25, 0.3) is 0 Å². The van der Waals surface area contributed by atoms with E-state index >= 15 is 0 Å². The summed E-state index contributed by atoms with van der Waals surface area (Å²) >= 11 is 0. The van der Waals surface area contributed by atoms with Gasteiger partial charge in [0.25, 0.3) is 0 Å². The van der Waals surface area contributed by atoms with Gasteiger partial charge in [0.15, 0.2) is 0 Å². The number of nitrogens with two attached hydrogens (primary N) is 1. The Bertz CT molecular complexity index is 176. The molecule has 0 bridgehead atoms. The minimum absolute atomic E-state index is 0.249. The smallest absolute Gasteiger partial charge is 0.114 e. The number of hydrogen-bond donors (Lipinski definition) is 2. The Labute approximate surface area is 63.3 Å². The number of hydrogen-bond acceptors (Lipinski definition) is 2. The molecule has 2 nitrogen and oxygen atoms in total. The molecule has 0 amide bonds. The summed E-state index contributed by atoms with van der Waals surface area (Å²) in [6.45, 7) is 0. The second kappa shape index (κ2) is 4.22. The summed E-state index contributed by atoms with van der Waals surface area (Å²) in [6.07, 6.45) is 0. The van der Waals surface area contributed by atoms with Crippen LogP contribution >= 0.6 is 0 Å². The minimum Gasteiger partial charge on any atom is -0.288 e. The molecule has 0 aromatic heterocycles. The summed E-state index contributed by atoms with van der Waals surface area (Å²) in [5.41, 5.74) is 1.38. The van der Waals surface area contributed by atoms with Crippen LogP contribution in [0.5, 0.6) is 0 Å². The second-order valence-corrected chi connectivity index (χ2v) is 3.60. The first-order chi connectivity index (χ1) is 4.93. The number of nitrogens with one attached hydrogen (secondary N) is 1. The van der Waals surface area contributed by atoms with Crippen molar-refractivity contribution in [1.82, 2.24) is 5.09 Å². The van der Waals surface area contributed by atoms with E-state index in [2.05, 4.69) is 29.4 Å². The van der Waals surface area contributed by atoms with Crippen LogP contribution in [0.1, 0.15) is 5.56 Å². The fraction of sp³-hybridized carbons (Fsp3) is 0.143. The van der Waals surface area contributed by atoms with Crippen LogP contribution in [-0.4, -0.2) is 9.68 Å². The maximum atomic E-state index is 5.19. The zero-order valence-electron chi connectivity index (χ0n) is 5.88. The highest BCUT2D eigenvalue weighted by Crippen LogP contribution is 1.96. The molecule has 0 saturated carbocycles. The van der Waals surface area contributed by atoms with E-state index in [4.69, 9.17) is 5.84 Å². The van der Waals surface area contributed by atoms with Crippen molar-refractivity contribution in [2.75, 3.05) is 0 Å². The molecule has 54 valence electrons. The Hall–Kier alpha value is -0.643. The Morgan fingerprint density at radius 1 is 1.30 bits per heavy atom. The molecular formula is C7H12N2Si. The Morgan fingerprint density at radius 3 is 2.60 bits per heavy atom. The van der Waals surface area contributed by atoms with E-state index in [0.29, 0.717) is 0 Å². The predicted octanol–water partition coefficient (Wildman–Crippen LogP) is -0.266. The third-order valence-corrected chi connectivity index (χ3v) is 2.52. The average Bonchev–Trinajstić information content (AvgIpc) is 2.03. The normalized spacial score (nSPS) is 10.9. The molecule has 10 heavy (non-hydrogen) atoms. The first kappa shape index (κ1) is 7.46. The van der Waals surface area contributed by atoms with Crippen molar-refractivity contribution >= 4 is 9.68 Å². The highest BCUT2D eigenvalue weighted by Gasteiger charge is 1.88. The molecule has 0 aliphatic heterocycles. The molecule has 0 unspecified atom stereocenters. The summed E-state index contributed by atoms with van der Waals surface area (Å²) in [5.74, 6) is 5.19. The van der Waals surface area contributed by atoms with Gasteiger partial charge in [-0.1, -0.05) is 30.3 Å². The van der Waals surface area contributed by atoms with Crippen molar-refractivity contribution in [1.29, 1.82) is 0 Å². The lowest BCUT2D eigenvalue weighted by Crippen LogP contribution is -2.28. The first-order valence-corrected chi connectivity index (χ1v) is 5.11. The van der Waals surface area contributed by atoms with Gasteiger partial charge in [0.1, 0.15) is 9.68 Å².